The lowest BCUT2D eigenvalue weighted by molar-refractivity contribution is 0.396. The molecule has 3 heteroatoms. The zero-order valence-corrected chi connectivity index (χ0v) is 6.88. The maximum absolute atomic E-state index is 5.07. The Labute approximate surface area is 62.9 Å². The molecule has 0 bridgehead atoms. The van der Waals surface area contributed by atoms with E-state index in [-0.39, 0.29) is 0 Å². The van der Waals surface area contributed by atoms with Crippen LogP contribution in [0.5, 0.6) is 0 Å². The van der Waals surface area contributed by atoms with Crippen molar-refractivity contribution >= 4 is 6.34 Å². The van der Waals surface area contributed by atoms with Gasteiger partial charge in [0.25, 0.3) is 0 Å². The number of nitrogens with zero attached hydrogens (tertiary/aromatic N) is 2. The van der Waals surface area contributed by atoms with Gasteiger partial charge in [-0.15, -0.1) is 0 Å². The first-order valence-electron chi connectivity index (χ1n) is 3.62. The lowest BCUT2D eigenvalue weighted by Crippen LogP contribution is -2.12. The summed E-state index contributed by atoms with van der Waals surface area (Å²) in [4.78, 5) is 6.08. The molecule has 60 valence electrons. The number of nitrogens with two attached hydrogens (primary N) is 1. The van der Waals surface area contributed by atoms with Gasteiger partial charge in [0.15, 0.2) is 0 Å². The maximum atomic E-state index is 5.07. The van der Waals surface area contributed by atoms with E-state index in [1.807, 2.05) is 0 Å². The summed E-state index contributed by atoms with van der Waals surface area (Å²) in [5.74, 6) is 0. The van der Waals surface area contributed by atoms with Crippen LogP contribution in [0.1, 0.15) is 12.8 Å². The maximum Gasteiger partial charge on any atom is 0.0797 e. The summed E-state index contributed by atoms with van der Waals surface area (Å²) in [5.41, 5.74) is 5.07. The van der Waals surface area contributed by atoms with E-state index in [0.717, 1.165) is 19.5 Å². The molecule has 0 aromatic rings. The highest BCUT2D eigenvalue weighted by atomic mass is 15.0. The molecule has 0 aliphatic rings. The van der Waals surface area contributed by atoms with Crippen LogP contribution in [-0.4, -0.2) is 38.4 Å². The van der Waals surface area contributed by atoms with Crippen molar-refractivity contribution in [2.75, 3.05) is 27.2 Å². The molecule has 0 aliphatic heterocycles. The Kier molecular flexibility index (Phi) is 6.18. The summed E-state index contributed by atoms with van der Waals surface area (Å²) in [6.45, 7) is 2.00. The van der Waals surface area contributed by atoms with Crippen LogP contribution in [0.15, 0.2) is 4.99 Å². The van der Waals surface area contributed by atoms with Gasteiger partial charge in [0.1, 0.15) is 0 Å². The molecule has 0 atom stereocenters. The standard InChI is InChI=1S/C7H17N3/c1-10(2)6-4-3-5-9-7-8/h7H,3-6H2,1-2H3,(H2,8,9). The molecule has 0 aliphatic carbocycles. The second-order valence-corrected chi connectivity index (χ2v) is 2.57. The van der Waals surface area contributed by atoms with Crippen molar-refractivity contribution < 1.29 is 0 Å². The van der Waals surface area contributed by atoms with Crippen molar-refractivity contribution in [2.45, 2.75) is 12.8 Å². The quantitative estimate of drug-likeness (QED) is 0.342. The number of aliphatic imine (C=N–C) groups is 1. The molecule has 0 radical (unpaired) electrons. The Morgan fingerprint density at radius 3 is 2.60 bits per heavy atom. The molecule has 0 fully saturated rings. The highest BCUT2D eigenvalue weighted by molar-refractivity contribution is 5.50. The molecule has 0 unspecified atom stereocenters. The van der Waals surface area contributed by atoms with Crippen LogP contribution in [0.25, 0.3) is 0 Å². The smallest absolute Gasteiger partial charge is 0.0797 e. The summed E-state index contributed by atoms with van der Waals surface area (Å²) in [6.07, 6.45) is 3.70. The summed E-state index contributed by atoms with van der Waals surface area (Å²) >= 11 is 0. The van der Waals surface area contributed by atoms with E-state index in [2.05, 4.69) is 24.0 Å². The second-order valence-electron chi connectivity index (χ2n) is 2.57. The van der Waals surface area contributed by atoms with Gasteiger partial charge in [0.05, 0.1) is 6.34 Å². The van der Waals surface area contributed by atoms with E-state index in [4.69, 9.17) is 5.73 Å². The molecule has 0 saturated carbocycles. The molecule has 0 amide bonds. The Morgan fingerprint density at radius 2 is 2.10 bits per heavy atom. The van der Waals surface area contributed by atoms with Gasteiger partial charge < -0.3 is 10.6 Å². The van der Waals surface area contributed by atoms with E-state index in [0.29, 0.717) is 0 Å². The van der Waals surface area contributed by atoms with Crippen molar-refractivity contribution in [1.82, 2.24) is 4.90 Å². The zero-order valence-electron chi connectivity index (χ0n) is 6.88. The predicted octanol–water partition coefficient (Wildman–Crippen LogP) is 0.315. The number of hydrogen-bond acceptors (Lipinski definition) is 2. The van der Waals surface area contributed by atoms with Gasteiger partial charge in [0.2, 0.25) is 0 Å². The molecular formula is C7H17N3. The largest absolute Gasteiger partial charge is 0.390 e. The van der Waals surface area contributed by atoms with E-state index < -0.39 is 0 Å². The van der Waals surface area contributed by atoms with Gasteiger partial charge in [-0.25, -0.2) is 0 Å². The highest BCUT2D eigenvalue weighted by Crippen LogP contribution is 1.89. The molecule has 0 aromatic carbocycles. The number of hydrogen-bond donors (Lipinski definition) is 1. The lowest BCUT2D eigenvalue weighted by atomic mass is 10.3. The minimum Gasteiger partial charge on any atom is -0.390 e. The van der Waals surface area contributed by atoms with Crippen LogP contribution in [0.2, 0.25) is 0 Å². The SMILES string of the molecule is CN(C)CCCCN=CN. The third-order valence-corrected chi connectivity index (χ3v) is 1.25. The third kappa shape index (κ3) is 7.43. The average molecular weight is 143 g/mol. The Morgan fingerprint density at radius 1 is 1.40 bits per heavy atom. The topological polar surface area (TPSA) is 41.6 Å². The first-order chi connectivity index (χ1) is 4.77. The molecule has 10 heavy (non-hydrogen) atoms. The van der Waals surface area contributed by atoms with Crippen LogP contribution < -0.4 is 5.73 Å². The van der Waals surface area contributed by atoms with E-state index in [1.54, 1.807) is 0 Å². The van der Waals surface area contributed by atoms with Crippen LogP contribution >= 0.6 is 0 Å². The lowest BCUT2D eigenvalue weighted by Gasteiger charge is -2.06. The molecule has 3 nitrogen and oxygen atoms in total. The first kappa shape index (κ1) is 9.43. The fourth-order valence-electron chi connectivity index (χ4n) is 0.706. The van der Waals surface area contributed by atoms with Gasteiger partial charge in [-0.1, -0.05) is 0 Å². The van der Waals surface area contributed by atoms with Gasteiger partial charge >= 0.3 is 0 Å². The number of rotatable bonds is 5. The average Bonchev–Trinajstić information content (AvgIpc) is 1.87. The van der Waals surface area contributed by atoms with E-state index in [9.17, 15) is 0 Å². The fraction of sp³-hybridized carbons (Fsp3) is 0.857. The summed E-state index contributed by atoms with van der Waals surface area (Å²) in [7, 11) is 4.15. The molecule has 0 heterocycles. The van der Waals surface area contributed by atoms with Crippen LogP contribution in [0.4, 0.5) is 0 Å². The van der Waals surface area contributed by atoms with Gasteiger partial charge in [-0.05, 0) is 33.5 Å². The summed E-state index contributed by atoms with van der Waals surface area (Å²) < 4.78 is 0. The molecule has 0 spiro atoms. The normalized spacial score (nSPS) is 11.5. The van der Waals surface area contributed by atoms with Crippen molar-refractivity contribution in [3.05, 3.63) is 0 Å². The van der Waals surface area contributed by atoms with Crippen LogP contribution in [-0.2, 0) is 0 Å². The third-order valence-electron chi connectivity index (χ3n) is 1.25. The van der Waals surface area contributed by atoms with Crippen molar-refractivity contribution in [1.29, 1.82) is 0 Å². The molecular weight excluding hydrogens is 126 g/mol. The van der Waals surface area contributed by atoms with E-state index >= 15 is 0 Å². The minimum atomic E-state index is 0.865. The van der Waals surface area contributed by atoms with Crippen molar-refractivity contribution in [3.63, 3.8) is 0 Å². The fourth-order valence-corrected chi connectivity index (χ4v) is 0.706. The summed E-state index contributed by atoms with van der Waals surface area (Å²) in [6, 6.07) is 0. The monoisotopic (exact) mass is 143 g/mol. The molecule has 0 rings (SSSR count). The zero-order chi connectivity index (χ0) is 7.82. The van der Waals surface area contributed by atoms with Gasteiger partial charge in [0, 0.05) is 6.54 Å². The van der Waals surface area contributed by atoms with Crippen LogP contribution in [0.3, 0.4) is 0 Å². The first-order valence-corrected chi connectivity index (χ1v) is 3.62. The minimum absolute atomic E-state index is 0.865. The molecule has 0 saturated heterocycles. The van der Waals surface area contributed by atoms with E-state index in [1.165, 1.54) is 12.8 Å². The van der Waals surface area contributed by atoms with Gasteiger partial charge in [-0.2, -0.15) is 0 Å². The Hall–Kier alpha value is -0.570. The predicted molar refractivity (Wildman–Crippen MR) is 45.3 cm³/mol. The summed E-state index contributed by atoms with van der Waals surface area (Å²) in [5, 5.41) is 0. The Balaban J connectivity index is 2.91. The Bertz CT molecular complexity index is 88.9. The van der Waals surface area contributed by atoms with Crippen molar-refractivity contribution in [3.8, 4) is 0 Å². The van der Waals surface area contributed by atoms with Crippen molar-refractivity contribution in [2.24, 2.45) is 10.7 Å². The molecule has 0 aromatic heterocycles. The molecule has 2 N–H and O–H groups in total. The van der Waals surface area contributed by atoms with Gasteiger partial charge in [-0.3, -0.25) is 4.99 Å². The van der Waals surface area contributed by atoms with Crippen LogP contribution in [0, 0.1) is 0 Å². The number of unbranched alkanes of at least 4 members (excludes halogenated alkanes) is 1. The second kappa shape index (κ2) is 6.55. The highest BCUT2D eigenvalue weighted by Gasteiger charge is 1.88.